The second-order valence-corrected chi connectivity index (χ2v) is 8.73. The van der Waals surface area contributed by atoms with Gasteiger partial charge in [-0.2, -0.15) is 4.31 Å². The van der Waals surface area contributed by atoms with Gasteiger partial charge >= 0.3 is 0 Å². The molecule has 0 aliphatic heterocycles. The molecule has 162 valence electrons. The minimum absolute atomic E-state index is 0.0677. The molecular weight excluding hydrogens is 426 g/mol. The lowest BCUT2D eigenvalue weighted by molar-refractivity contribution is 0.102. The summed E-state index contributed by atoms with van der Waals surface area (Å²) in [6.45, 7) is 0.0677. The summed E-state index contributed by atoms with van der Waals surface area (Å²) in [4.78, 5) is 12.4. The van der Waals surface area contributed by atoms with E-state index in [1.165, 1.54) is 48.8 Å². The number of benzene rings is 3. The van der Waals surface area contributed by atoms with Crippen molar-refractivity contribution in [2.24, 2.45) is 0 Å². The summed E-state index contributed by atoms with van der Waals surface area (Å²) < 4.78 is 59.1. The second-order valence-electron chi connectivity index (χ2n) is 6.68. The Hall–Kier alpha value is -3.30. The topological polar surface area (TPSA) is 75.7 Å². The zero-order valence-electron chi connectivity index (χ0n) is 16.8. The van der Waals surface area contributed by atoms with Crippen molar-refractivity contribution >= 4 is 21.6 Å². The van der Waals surface area contributed by atoms with Crippen LogP contribution in [0.15, 0.2) is 71.6 Å². The highest BCUT2D eigenvalue weighted by Crippen LogP contribution is 2.21. The number of ether oxygens (including phenoxy) is 1. The summed E-state index contributed by atoms with van der Waals surface area (Å²) in [5.41, 5.74) is 0.280. The van der Waals surface area contributed by atoms with Crippen molar-refractivity contribution in [1.29, 1.82) is 0 Å². The van der Waals surface area contributed by atoms with Crippen LogP contribution in [-0.4, -0.2) is 32.8 Å². The molecule has 0 aromatic heterocycles. The Morgan fingerprint density at radius 2 is 1.55 bits per heavy atom. The van der Waals surface area contributed by atoms with Gasteiger partial charge in [0, 0.05) is 19.2 Å². The van der Waals surface area contributed by atoms with Gasteiger partial charge in [-0.3, -0.25) is 4.79 Å². The lowest BCUT2D eigenvalue weighted by Crippen LogP contribution is -2.26. The molecule has 0 aliphatic carbocycles. The number of sulfonamides is 1. The van der Waals surface area contributed by atoms with Crippen LogP contribution in [-0.2, 0) is 16.6 Å². The first kappa shape index (κ1) is 22.4. The molecule has 3 aromatic carbocycles. The number of nitrogens with zero attached hydrogens (tertiary/aromatic N) is 1. The van der Waals surface area contributed by atoms with Crippen molar-refractivity contribution < 1.29 is 26.7 Å². The van der Waals surface area contributed by atoms with E-state index >= 15 is 0 Å². The number of anilines is 1. The molecule has 0 aliphatic rings. The number of hydrogen-bond acceptors (Lipinski definition) is 4. The van der Waals surface area contributed by atoms with E-state index in [-0.39, 0.29) is 17.0 Å². The molecule has 0 saturated carbocycles. The summed E-state index contributed by atoms with van der Waals surface area (Å²) in [5.74, 6) is -1.90. The molecule has 0 bridgehead atoms. The molecule has 9 heteroatoms. The maximum atomic E-state index is 13.7. The number of carbonyl (C=O) groups is 1. The number of halogens is 2. The fourth-order valence-electron chi connectivity index (χ4n) is 2.83. The van der Waals surface area contributed by atoms with Crippen molar-refractivity contribution in [3.05, 3.63) is 89.5 Å². The monoisotopic (exact) mass is 446 g/mol. The Labute approximate surface area is 179 Å². The van der Waals surface area contributed by atoms with E-state index in [0.717, 1.165) is 12.1 Å². The van der Waals surface area contributed by atoms with Gasteiger partial charge in [0.05, 0.1) is 12.0 Å². The predicted octanol–water partition coefficient (Wildman–Crippen LogP) is 4.05. The third-order valence-electron chi connectivity index (χ3n) is 4.59. The number of nitrogens with one attached hydrogen (secondary N) is 1. The van der Waals surface area contributed by atoms with Gasteiger partial charge in [-0.25, -0.2) is 17.2 Å². The van der Waals surface area contributed by atoms with Gasteiger partial charge in [-0.05, 0) is 54.1 Å². The number of methoxy groups -OCH3 is 1. The van der Waals surface area contributed by atoms with Crippen LogP contribution >= 0.6 is 0 Å². The number of hydrogen-bond donors (Lipinski definition) is 1. The van der Waals surface area contributed by atoms with Crippen LogP contribution in [0.4, 0.5) is 14.5 Å². The zero-order valence-corrected chi connectivity index (χ0v) is 17.6. The summed E-state index contributed by atoms with van der Waals surface area (Å²) in [5, 5.41) is 2.20. The van der Waals surface area contributed by atoms with E-state index in [9.17, 15) is 22.0 Å². The molecule has 0 heterocycles. The highest BCUT2D eigenvalue weighted by atomic mass is 32.2. The highest BCUT2D eigenvalue weighted by Gasteiger charge is 2.21. The molecule has 1 N–H and O–H groups in total. The predicted molar refractivity (Wildman–Crippen MR) is 112 cm³/mol. The standard InChI is InChI=1S/C22H20F2N2O4S/c1-26(31(28,29)18-12-10-17(30-2)11-13-18)14-15-6-8-16(9-7-15)22(27)25-21-19(23)4-3-5-20(21)24/h3-13H,14H2,1-2H3,(H,25,27). The van der Waals surface area contributed by atoms with Gasteiger partial charge < -0.3 is 10.1 Å². The van der Waals surface area contributed by atoms with Crippen molar-refractivity contribution in [1.82, 2.24) is 4.31 Å². The van der Waals surface area contributed by atoms with E-state index in [1.54, 1.807) is 24.3 Å². The van der Waals surface area contributed by atoms with Gasteiger partial charge in [-0.15, -0.1) is 0 Å². The quantitative estimate of drug-likeness (QED) is 0.594. The summed E-state index contributed by atoms with van der Waals surface area (Å²) >= 11 is 0. The van der Waals surface area contributed by atoms with Crippen molar-refractivity contribution in [3.8, 4) is 5.75 Å². The largest absolute Gasteiger partial charge is 0.497 e. The van der Waals surface area contributed by atoms with Gasteiger partial charge in [0.25, 0.3) is 5.91 Å². The molecule has 0 atom stereocenters. The third kappa shape index (κ3) is 5.07. The Bertz CT molecular complexity index is 1160. The fraction of sp³-hybridized carbons (Fsp3) is 0.136. The molecule has 0 unspecified atom stereocenters. The Morgan fingerprint density at radius 1 is 0.968 bits per heavy atom. The van der Waals surface area contributed by atoms with E-state index in [2.05, 4.69) is 5.32 Å². The van der Waals surface area contributed by atoms with E-state index in [4.69, 9.17) is 4.74 Å². The molecular formula is C22H20F2N2O4S. The summed E-state index contributed by atoms with van der Waals surface area (Å²) in [7, 11) is -0.786. The molecule has 0 saturated heterocycles. The molecule has 0 spiro atoms. The van der Waals surface area contributed by atoms with E-state index < -0.39 is 33.3 Å². The van der Waals surface area contributed by atoms with Crippen LogP contribution in [0.3, 0.4) is 0 Å². The second kappa shape index (κ2) is 9.23. The smallest absolute Gasteiger partial charge is 0.255 e. The first-order valence-electron chi connectivity index (χ1n) is 9.17. The van der Waals surface area contributed by atoms with Gasteiger partial charge in [-0.1, -0.05) is 18.2 Å². The summed E-state index contributed by atoms with van der Waals surface area (Å²) in [6, 6.07) is 15.4. The van der Waals surface area contributed by atoms with Gasteiger partial charge in [0.1, 0.15) is 23.1 Å². The molecule has 31 heavy (non-hydrogen) atoms. The van der Waals surface area contributed by atoms with Crippen LogP contribution < -0.4 is 10.1 Å². The lowest BCUT2D eigenvalue weighted by Gasteiger charge is -2.17. The fourth-order valence-corrected chi connectivity index (χ4v) is 3.99. The third-order valence-corrected chi connectivity index (χ3v) is 6.41. The molecule has 0 fully saturated rings. The molecule has 0 radical (unpaired) electrons. The molecule has 3 rings (SSSR count). The molecule has 6 nitrogen and oxygen atoms in total. The number of rotatable bonds is 7. The van der Waals surface area contributed by atoms with Crippen LogP contribution in [0.1, 0.15) is 15.9 Å². The maximum Gasteiger partial charge on any atom is 0.255 e. The Balaban J connectivity index is 1.70. The van der Waals surface area contributed by atoms with Crippen LogP contribution in [0.25, 0.3) is 0 Å². The average Bonchev–Trinajstić information content (AvgIpc) is 2.76. The van der Waals surface area contributed by atoms with Crippen LogP contribution in [0.5, 0.6) is 5.75 Å². The van der Waals surface area contributed by atoms with Crippen LogP contribution in [0, 0.1) is 11.6 Å². The van der Waals surface area contributed by atoms with Crippen molar-refractivity contribution in [2.45, 2.75) is 11.4 Å². The van der Waals surface area contributed by atoms with Gasteiger partial charge in [0.2, 0.25) is 10.0 Å². The Morgan fingerprint density at radius 3 is 2.10 bits per heavy atom. The number of amides is 1. The minimum Gasteiger partial charge on any atom is -0.497 e. The Kier molecular flexibility index (Phi) is 6.67. The first-order chi connectivity index (χ1) is 14.7. The minimum atomic E-state index is -3.72. The normalized spacial score (nSPS) is 11.4. The van der Waals surface area contributed by atoms with Crippen molar-refractivity contribution in [3.63, 3.8) is 0 Å². The van der Waals surface area contributed by atoms with Crippen molar-refractivity contribution in [2.75, 3.05) is 19.5 Å². The number of para-hydroxylation sites is 1. The van der Waals surface area contributed by atoms with E-state index in [0.29, 0.717) is 11.3 Å². The maximum absolute atomic E-state index is 13.7. The SMILES string of the molecule is COc1ccc(S(=O)(=O)N(C)Cc2ccc(C(=O)Nc3c(F)cccc3F)cc2)cc1. The zero-order chi connectivity index (χ0) is 22.6. The molecule has 1 amide bonds. The van der Waals surface area contributed by atoms with E-state index in [1.807, 2.05) is 0 Å². The summed E-state index contributed by atoms with van der Waals surface area (Å²) in [6.07, 6.45) is 0. The lowest BCUT2D eigenvalue weighted by atomic mass is 10.1. The van der Waals surface area contributed by atoms with Crippen LogP contribution in [0.2, 0.25) is 0 Å². The average molecular weight is 446 g/mol. The molecule has 3 aromatic rings. The first-order valence-corrected chi connectivity index (χ1v) is 10.6. The number of carbonyl (C=O) groups excluding carboxylic acids is 1. The highest BCUT2D eigenvalue weighted by molar-refractivity contribution is 7.89. The van der Waals surface area contributed by atoms with Gasteiger partial charge in [0.15, 0.2) is 0 Å².